The van der Waals surface area contributed by atoms with Gasteiger partial charge in [-0.3, -0.25) is 14.4 Å². The van der Waals surface area contributed by atoms with Crippen LogP contribution in [0.1, 0.15) is 27.8 Å². The summed E-state index contributed by atoms with van der Waals surface area (Å²) in [6.07, 6.45) is -4.86. The second kappa shape index (κ2) is 12.0. The van der Waals surface area contributed by atoms with Crippen molar-refractivity contribution in [3.63, 3.8) is 0 Å². The molecule has 1 saturated heterocycles. The van der Waals surface area contributed by atoms with Crippen LogP contribution >= 0.6 is 11.6 Å². The van der Waals surface area contributed by atoms with E-state index in [2.05, 4.69) is 0 Å². The van der Waals surface area contributed by atoms with Crippen molar-refractivity contribution in [1.29, 1.82) is 0 Å². The lowest BCUT2D eigenvalue weighted by Crippen LogP contribution is -2.45. The van der Waals surface area contributed by atoms with E-state index in [1.807, 2.05) is 24.3 Å². The van der Waals surface area contributed by atoms with Crippen LogP contribution in [0.25, 0.3) is 11.1 Å². The molecule has 2 fully saturated rings. The number of allylic oxidation sites excluding steroid dienone is 2. The number of methoxy groups -OCH3 is 2. The fraction of sp³-hybridized carbons (Fsp3) is 0.167. The van der Waals surface area contributed by atoms with Gasteiger partial charge < -0.3 is 9.47 Å². The Balaban J connectivity index is 1.51. The van der Waals surface area contributed by atoms with E-state index in [0.717, 1.165) is 17.0 Å². The van der Waals surface area contributed by atoms with Gasteiger partial charge in [-0.05, 0) is 75.9 Å². The Bertz CT molecular complexity index is 2160. The van der Waals surface area contributed by atoms with E-state index < -0.39 is 51.2 Å². The number of benzene rings is 5. The van der Waals surface area contributed by atoms with Crippen molar-refractivity contribution in [2.75, 3.05) is 19.1 Å². The van der Waals surface area contributed by atoms with E-state index in [0.29, 0.717) is 44.9 Å². The number of Topliss-reactive ketones (excluding diaryl/α,β-unsaturated/α-hetero) is 1. The van der Waals surface area contributed by atoms with E-state index in [-0.39, 0.29) is 11.5 Å². The van der Waals surface area contributed by atoms with E-state index in [4.69, 9.17) is 21.1 Å². The lowest BCUT2D eigenvalue weighted by Gasteiger charge is -2.39. The summed E-state index contributed by atoms with van der Waals surface area (Å²) in [4.78, 5) is 47.1. The second-order valence-corrected chi connectivity index (χ2v) is 13.4. The number of hydrogen-bond acceptors (Lipinski definition) is 5. The molecular formula is C42H29ClF3NO5. The molecule has 6 nitrogen and oxygen atoms in total. The highest BCUT2D eigenvalue weighted by molar-refractivity contribution is 6.39. The molecular weight excluding hydrogens is 691 g/mol. The maximum Gasteiger partial charge on any atom is 0.417 e. The molecule has 1 saturated carbocycles. The van der Waals surface area contributed by atoms with Crippen molar-refractivity contribution in [1.82, 2.24) is 0 Å². The Morgan fingerprint density at radius 1 is 0.615 bits per heavy atom. The first-order valence-corrected chi connectivity index (χ1v) is 16.8. The Kier molecular flexibility index (Phi) is 7.69. The minimum absolute atomic E-state index is 0.281. The van der Waals surface area contributed by atoms with Crippen molar-refractivity contribution in [3.8, 4) is 11.5 Å². The molecule has 2 aliphatic carbocycles. The fourth-order valence-electron chi connectivity index (χ4n) is 8.76. The molecule has 8 rings (SSSR count). The number of rotatable bonds is 7. The highest BCUT2D eigenvalue weighted by Gasteiger charge is 2.82. The predicted molar refractivity (Wildman–Crippen MR) is 190 cm³/mol. The summed E-state index contributed by atoms with van der Waals surface area (Å²) < 4.78 is 53.3. The lowest BCUT2D eigenvalue weighted by atomic mass is 9.59. The van der Waals surface area contributed by atoms with Crippen molar-refractivity contribution < 1.29 is 37.0 Å². The molecule has 0 spiro atoms. The number of ether oxygens (including phenoxy) is 2. The lowest BCUT2D eigenvalue weighted by molar-refractivity contribution is -0.137. The molecule has 0 unspecified atom stereocenters. The molecule has 4 atom stereocenters. The number of amides is 2. The van der Waals surface area contributed by atoms with E-state index >= 15 is 14.4 Å². The number of fused-ring (bicyclic) bond motifs is 5. The Hall–Kier alpha value is -5.67. The summed E-state index contributed by atoms with van der Waals surface area (Å²) >= 11 is 5.98. The molecule has 1 heterocycles. The summed E-state index contributed by atoms with van der Waals surface area (Å²) in [5, 5.41) is -0.572. The van der Waals surface area contributed by atoms with Crippen LogP contribution in [0.15, 0.2) is 127 Å². The number of carbonyl (C=O) groups excluding carboxylic acids is 3. The van der Waals surface area contributed by atoms with E-state index in [1.165, 1.54) is 20.3 Å². The van der Waals surface area contributed by atoms with Gasteiger partial charge in [-0.2, -0.15) is 13.2 Å². The number of halogens is 4. The molecule has 260 valence electrons. The number of nitrogens with zero attached hydrogens (tertiary/aromatic N) is 1. The molecule has 0 N–H and O–H groups in total. The first kappa shape index (κ1) is 33.5. The summed E-state index contributed by atoms with van der Waals surface area (Å²) in [6, 6.07) is 35.0. The quantitative estimate of drug-likeness (QED) is 0.158. The van der Waals surface area contributed by atoms with Gasteiger partial charge in [0.15, 0.2) is 5.78 Å². The zero-order valence-electron chi connectivity index (χ0n) is 27.8. The Morgan fingerprint density at radius 2 is 1.04 bits per heavy atom. The number of carbonyl (C=O) groups is 3. The molecule has 2 bridgehead atoms. The van der Waals surface area contributed by atoms with Gasteiger partial charge in [0, 0.05) is 0 Å². The average molecular weight is 720 g/mol. The highest BCUT2D eigenvalue weighted by atomic mass is 35.5. The number of anilines is 1. The van der Waals surface area contributed by atoms with Crippen molar-refractivity contribution >= 4 is 46.0 Å². The molecule has 52 heavy (non-hydrogen) atoms. The number of hydrogen-bond donors (Lipinski definition) is 0. The molecule has 10 heteroatoms. The predicted octanol–water partition coefficient (Wildman–Crippen LogP) is 8.56. The first-order valence-electron chi connectivity index (χ1n) is 16.5. The van der Waals surface area contributed by atoms with Crippen LogP contribution in [0.4, 0.5) is 18.9 Å². The van der Waals surface area contributed by atoms with Gasteiger partial charge in [-0.15, -0.1) is 0 Å². The maximum absolute atomic E-state index is 16.0. The fourth-order valence-corrected chi connectivity index (χ4v) is 8.99. The van der Waals surface area contributed by atoms with Crippen LogP contribution in [-0.4, -0.2) is 31.8 Å². The topological polar surface area (TPSA) is 72.9 Å². The van der Waals surface area contributed by atoms with Crippen molar-refractivity contribution in [2.45, 2.75) is 17.0 Å². The molecule has 5 aromatic carbocycles. The summed E-state index contributed by atoms with van der Waals surface area (Å²) in [5.74, 6) is -3.43. The van der Waals surface area contributed by atoms with Gasteiger partial charge in [0.25, 0.3) is 0 Å². The number of alkyl halides is 3. The first-order chi connectivity index (χ1) is 25.0. The Morgan fingerprint density at radius 3 is 1.42 bits per heavy atom. The van der Waals surface area contributed by atoms with E-state index in [1.54, 1.807) is 84.9 Å². The standard InChI is InChI=1S/C42H29ClF3NO5/c1-51-29-18-13-24(14-19-29)33-34(25-15-20-30(52-2)21-16-25)41(27-11-7-4-8-12-27)36-35(40(33,39(41)50)26-9-5-3-6-10-26)37(48)47(38(36)49)28-17-22-32(43)31(23-28)42(44,45)46/h3-23,35-36H,1-2H3/t35-,36-,40+,41+/m0/s1. The number of ketones is 1. The van der Waals surface area contributed by atoms with E-state index in [9.17, 15) is 13.2 Å². The SMILES string of the molecule is COc1ccc(C2=C(c3ccc(OC)cc3)[C@@]3(c4ccccc4)C(=O)[C@@]2(c2ccccc2)[C@@H]2C(=O)N(c4ccc(Cl)c(C(F)(F)F)c4)C(=O)[C@H]23)cc1. The average Bonchev–Trinajstić information content (AvgIpc) is 3.67. The van der Waals surface area contributed by atoms with Crippen LogP contribution in [0.2, 0.25) is 5.02 Å². The van der Waals surface area contributed by atoms with Crippen LogP contribution in [0, 0.1) is 11.8 Å². The molecule has 3 aliphatic rings. The summed E-state index contributed by atoms with van der Waals surface area (Å²) in [5.41, 5.74) is -1.71. The molecule has 0 aromatic heterocycles. The smallest absolute Gasteiger partial charge is 0.417 e. The monoisotopic (exact) mass is 719 g/mol. The number of imide groups is 1. The van der Waals surface area contributed by atoms with Crippen molar-refractivity contribution in [2.24, 2.45) is 11.8 Å². The van der Waals surface area contributed by atoms with Gasteiger partial charge in [0.1, 0.15) is 11.5 Å². The van der Waals surface area contributed by atoms with Crippen LogP contribution in [0.3, 0.4) is 0 Å². The summed E-state index contributed by atoms with van der Waals surface area (Å²) in [7, 11) is 3.08. The van der Waals surface area contributed by atoms with Gasteiger partial charge in [-0.25, -0.2) is 4.90 Å². The van der Waals surface area contributed by atoms with Crippen LogP contribution in [-0.2, 0) is 31.4 Å². The largest absolute Gasteiger partial charge is 0.497 e. The minimum Gasteiger partial charge on any atom is -0.497 e. The second-order valence-electron chi connectivity index (χ2n) is 13.0. The van der Waals surface area contributed by atoms with Crippen molar-refractivity contribution in [3.05, 3.63) is 160 Å². The van der Waals surface area contributed by atoms with Gasteiger partial charge in [0.2, 0.25) is 11.8 Å². The normalized spacial score (nSPS) is 23.7. The highest BCUT2D eigenvalue weighted by Crippen LogP contribution is 2.74. The maximum atomic E-state index is 16.0. The van der Waals surface area contributed by atoms with Crippen LogP contribution < -0.4 is 14.4 Å². The van der Waals surface area contributed by atoms with Crippen LogP contribution in [0.5, 0.6) is 11.5 Å². The third-order valence-corrected chi connectivity index (χ3v) is 11.1. The molecule has 5 aromatic rings. The zero-order chi connectivity index (χ0) is 36.6. The third-order valence-electron chi connectivity index (χ3n) is 10.7. The van der Waals surface area contributed by atoms with Gasteiger partial charge >= 0.3 is 6.18 Å². The molecule has 1 aliphatic heterocycles. The third kappa shape index (κ3) is 4.41. The Labute approximate surface area is 302 Å². The molecule has 2 amide bonds. The zero-order valence-corrected chi connectivity index (χ0v) is 28.5. The summed E-state index contributed by atoms with van der Waals surface area (Å²) in [6.45, 7) is 0. The minimum atomic E-state index is -4.86. The van der Waals surface area contributed by atoms with Gasteiger partial charge in [0.05, 0.1) is 53.2 Å². The van der Waals surface area contributed by atoms with Gasteiger partial charge in [-0.1, -0.05) is 96.5 Å². The molecule has 0 radical (unpaired) electrons.